The van der Waals surface area contributed by atoms with E-state index in [-0.39, 0.29) is 11.6 Å². The highest BCUT2D eigenvalue weighted by molar-refractivity contribution is 6.16. The van der Waals surface area contributed by atoms with Gasteiger partial charge in [0.15, 0.2) is 11.6 Å². The van der Waals surface area contributed by atoms with Crippen molar-refractivity contribution < 1.29 is 9.59 Å². The Balaban J connectivity index is 3.13. The lowest BCUT2D eigenvalue weighted by Crippen LogP contribution is -2.23. The van der Waals surface area contributed by atoms with Gasteiger partial charge in [0, 0.05) is 5.56 Å². The van der Waals surface area contributed by atoms with E-state index in [4.69, 9.17) is 0 Å². The summed E-state index contributed by atoms with van der Waals surface area (Å²) in [6.45, 7) is 10.6. The van der Waals surface area contributed by atoms with Gasteiger partial charge in [-0.1, -0.05) is 24.8 Å². The molecule has 0 aromatic heterocycles. The second-order valence-corrected chi connectivity index (χ2v) is 4.50. The number of ketones is 2. The first-order valence-electron chi connectivity index (χ1n) is 5.66. The van der Waals surface area contributed by atoms with E-state index in [2.05, 4.69) is 6.58 Å². The quantitative estimate of drug-likeness (QED) is 0.452. The van der Waals surface area contributed by atoms with E-state index in [1.165, 1.54) is 0 Å². The van der Waals surface area contributed by atoms with Gasteiger partial charge in [-0.2, -0.15) is 0 Å². The van der Waals surface area contributed by atoms with Crippen molar-refractivity contribution in [1.82, 2.24) is 0 Å². The van der Waals surface area contributed by atoms with Crippen LogP contribution in [0.25, 0.3) is 0 Å². The predicted octanol–water partition coefficient (Wildman–Crippen LogP) is 3.27. The summed E-state index contributed by atoms with van der Waals surface area (Å²) in [5, 5.41) is 0. The number of carbonyl (C=O) groups is 2. The summed E-state index contributed by atoms with van der Waals surface area (Å²) in [5.41, 5.74) is 2.92. The van der Waals surface area contributed by atoms with Crippen LogP contribution in [-0.2, 0) is 4.79 Å². The molecule has 1 aromatic carbocycles. The molecule has 1 rings (SSSR count). The second kappa shape index (κ2) is 5.09. The van der Waals surface area contributed by atoms with E-state index >= 15 is 0 Å². The number of carbonyl (C=O) groups excluding carboxylic acids is 2. The van der Waals surface area contributed by atoms with Crippen LogP contribution in [0.1, 0.15) is 35.3 Å². The van der Waals surface area contributed by atoms with Crippen molar-refractivity contribution in [2.75, 3.05) is 0 Å². The average molecular weight is 230 g/mol. The lowest BCUT2D eigenvalue weighted by molar-refractivity contribution is -0.117. The van der Waals surface area contributed by atoms with Gasteiger partial charge in [0.25, 0.3) is 0 Å². The monoisotopic (exact) mass is 230 g/mol. The fraction of sp³-hybridized carbons (Fsp3) is 0.333. The first-order chi connectivity index (χ1) is 7.86. The number of hydrogen-bond donors (Lipinski definition) is 0. The summed E-state index contributed by atoms with van der Waals surface area (Å²) >= 11 is 0. The van der Waals surface area contributed by atoms with E-state index in [0.29, 0.717) is 11.1 Å². The van der Waals surface area contributed by atoms with E-state index in [1.807, 2.05) is 32.0 Å². The smallest absolute Gasteiger partial charge is 0.173 e. The second-order valence-electron chi connectivity index (χ2n) is 4.50. The van der Waals surface area contributed by atoms with Gasteiger partial charge in [0.2, 0.25) is 0 Å². The summed E-state index contributed by atoms with van der Waals surface area (Å²) in [5.74, 6) is -0.946. The van der Waals surface area contributed by atoms with Gasteiger partial charge in [-0.25, -0.2) is 0 Å². The van der Waals surface area contributed by atoms with E-state index in [0.717, 1.165) is 11.1 Å². The Kier molecular flexibility index (Phi) is 4.00. The molecular weight excluding hydrogens is 212 g/mol. The summed E-state index contributed by atoms with van der Waals surface area (Å²) in [4.78, 5) is 24.0. The van der Waals surface area contributed by atoms with E-state index in [1.54, 1.807) is 13.8 Å². The fourth-order valence-electron chi connectivity index (χ4n) is 1.91. The molecule has 0 spiro atoms. The molecule has 90 valence electrons. The van der Waals surface area contributed by atoms with Gasteiger partial charge in [-0.3, -0.25) is 9.59 Å². The minimum atomic E-state index is -0.646. The molecule has 0 saturated carbocycles. The first kappa shape index (κ1) is 13.4. The van der Waals surface area contributed by atoms with Crippen LogP contribution >= 0.6 is 0 Å². The summed E-state index contributed by atoms with van der Waals surface area (Å²) in [6.07, 6.45) is 0. The van der Waals surface area contributed by atoms with Crippen LogP contribution in [0, 0.1) is 19.8 Å². The van der Waals surface area contributed by atoms with Crippen LogP contribution in [0.3, 0.4) is 0 Å². The maximum Gasteiger partial charge on any atom is 0.173 e. The molecule has 0 bridgehead atoms. The molecule has 0 fully saturated rings. The Morgan fingerprint density at radius 1 is 1.18 bits per heavy atom. The molecule has 1 unspecified atom stereocenters. The third-order valence-corrected chi connectivity index (χ3v) is 2.93. The molecule has 17 heavy (non-hydrogen) atoms. The number of hydrogen-bond acceptors (Lipinski definition) is 2. The third-order valence-electron chi connectivity index (χ3n) is 2.93. The topological polar surface area (TPSA) is 34.1 Å². The van der Waals surface area contributed by atoms with Crippen molar-refractivity contribution >= 4 is 11.6 Å². The molecule has 2 nitrogen and oxygen atoms in total. The van der Waals surface area contributed by atoms with Gasteiger partial charge in [-0.05, 0) is 44.4 Å². The van der Waals surface area contributed by atoms with Crippen molar-refractivity contribution in [3.8, 4) is 0 Å². The molecule has 0 aliphatic heterocycles. The molecule has 1 atom stereocenters. The molecule has 0 radical (unpaired) electrons. The molecule has 0 aliphatic carbocycles. The number of Topliss-reactive ketones (excluding diaryl/α,β-unsaturated/α-hetero) is 2. The summed E-state index contributed by atoms with van der Waals surface area (Å²) < 4.78 is 0. The van der Waals surface area contributed by atoms with E-state index in [9.17, 15) is 9.59 Å². The standard InChI is InChI=1S/C15H18O2/c1-9(2)14(16)12(5)15(17)13-10(3)7-6-8-11(13)4/h6-8,12H,1H2,2-5H3. The Morgan fingerprint density at radius 2 is 1.65 bits per heavy atom. The molecule has 0 N–H and O–H groups in total. The fourth-order valence-corrected chi connectivity index (χ4v) is 1.91. The minimum Gasteiger partial charge on any atom is -0.294 e. The zero-order chi connectivity index (χ0) is 13.2. The molecular formula is C15H18O2. The minimum absolute atomic E-state index is 0.117. The SMILES string of the molecule is C=C(C)C(=O)C(C)C(=O)c1c(C)cccc1C. The van der Waals surface area contributed by atoms with E-state index < -0.39 is 5.92 Å². The predicted molar refractivity (Wildman–Crippen MR) is 69.2 cm³/mol. The molecule has 1 aromatic rings. The number of benzene rings is 1. The number of rotatable bonds is 4. The highest BCUT2D eigenvalue weighted by Crippen LogP contribution is 2.19. The molecule has 2 heteroatoms. The van der Waals surface area contributed by atoms with Crippen molar-refractivity contribution in [3.63, 3.8) is 0 Å². The third kappa shape index (κ3) is 2.70. The Labute approximate surface area is 102 Å². The highest BCUT2D eigenvalue weighted by atomic mass is 16.1. The van der Waals surface area contributed by atoms with Gasteiger partial charge in [0.1, 0.15) is 0 Å². The molecule has 0 aliphatic rings. The highest BCUT2D eigenvalue weighted by Gasteiger charge is 2.25. The average Bonchev–Trinajstić information content (AvgIpc) is 2.26. The van der Waals surface area contributed by atoms with Crippen molar-refractivity contribution in [2.24, 2.45) is 5.92 Å². The maximum atomic E-state index is 12.3. The Hall–Kier alpha value is -1.70. The summed E-state index contributed by atoms with van der Waals surface area (Å²) in [7, 11) is 0. The van der Waals surface area contributed by atoms with Gasteiger partial charge in [-0.15, -0.1) is 0 Å². The van der Waals surface area contributed by atoms with Gasteiger partial charge in [0.05, 0.1) is 5.92 Å². The van der Waals surface area contributed by atoms with Crippen LogP contribution in [0.4, 0.5) is 0 Å². The molecule has 0 heterocycles. The van der Waals surface area contributed by atoms with Crippen LogP contribution in [0.15, 0.2) is 30.4 Å². The number of aryl methyl sites for hydroxylation is 2. The molecule has 0 saturated heterocycles. The largest absolute Gasteiger partial charge is 0.294 e. The normalized spacial score (nSPS) is 12.0. The van der Waals surface area contributed by atoms with Gasteiger partial charge >= 0.3 is 0 Å². The van der Waals surface area contributed by atoms with Crippen molar-refractivity contribution in [3.05, 3.63) is 47.0 Å². The zero-order valence-electron chi connectivity index (χ0n) is 10.8. The lowest BCUT2D eigenvalue weighted by Gasteiger charge is -2.13. The van der Waals surface area contributed by atoms with Crippen molar-refractivity contribution in [2.45, 2.75) is 27.7 Å². The number of allylic oxidation sites excluding steroid dienone is 1. The lowest BCUT2D eigenvalue weighted by atomic mass is 9.88. The molecule has 0 amide bonds. The van der Waals surface area contributed by atoms with Gasteiger partial charge < -0.3 is 0 Å². The first-order valence-corrected chi connectivity index (χ1v) is 5.66. The summed E-state index contributed by atoms with van der Waals surface area (Å²) in [6, 6.07) is 5.68. The van der Waals surface area contributed by atoms with Crippen molar-refractivity contribution in [1.29, 1.82) is 0 Å². The van der Waals surface area contributed by atoms with Crippen LogP contribution in [0.5, 0.6) is 0 Å². The maximum absolute atomic E-state index is 12.3. The van der Waals surface area contributed by atoms with Crippen LogP contribution in [-0.4, -0.2) is 11.6 Å². The van der Waals surface area contributed by atoms with Crippen LogP contribution in [0.2, 0.25) is 0 Å². The van der Waals surface area contributed by atoms with Crippen LogP contribution < -0.4 is 0 Å². The Bertz CT molecular complexity index is 463. The zero-order valence-corrected chi connectivity index (χ0v) is 10.8. The Morgan fingerprint density at radius 3 is 2.06 bits per heavy atom.